The summed E-state index contributed by atoms with van der Waals surface area (Å²) in [7, 11) is 3.65. The summed E-state index contributed by atoms with van der Waals surface area (Å²) in [4.78, 5) is 16.2. The zero-order valence-corrected chi connectivity index (χ0v) is 35.3. The summed E-state index contributed by atoms with van der Waals surface area (Å²) in [5, 5.41) is 3.84. The molecule has 0 aliphatic carbocycles. The van der Waals surface area contributed by atoms with Gasteiger partial charge in [-0.1, -0.05) is 104 Å². The number of phosphoric ester groups is 1. The summed E-state index contributed by atoms with van der Waals surface area (Å²) in [5.41, 5.74) is 12.1. The Bertz CT molecular complexity index is 2280. The molecular weight excluding hydrogens is 700 g/mol. The van der Waals surface area contributed by atoms with Crippen molar-refractivity contribution in [1.29, 1.82) is 0 Å². The third-order valence-corrected chi connectivity index (χ3v) is 11.8. The van der Waals surface area contributed by atoms with Gasteiger partial charge in [0.15, 0.2) is 0 Å². The van der Waals surface area contributed by atoms with Crippen LogP contribution in [0.5, 0.6) is 11.5 Å². The van der Waals surface area contributed by atoms with Gasteiger partial charge in [-0.05, 0) is 115 Å². The molecule has 1 aliphatic rings. The second-order valence-electron chi connectivity index (χ2n) is 16.8. The molecule has 286 valence electrons. The maximum absolute atomic E-state index is 14.5. The number of fused-ring (bicyclic) bond motifs is 7. The van der Waals surface area contributed by atoms with Gasteiger partial charge in [0.1, 0.15) is 11.5 Å². The van der Waals surface area contributed by atoms with Crippen molar-refractivity contribution in [1.82, 2.24) is 0 Å². The van der Waals surface area contributed by atoms with E-state index in [1.165, 1.54) is 33.6 Å². The van der Waals surface area contributed by atoms with Crippen molar-refractivity contribution < 1.29 is 18.5 Å². The number of hydrogen-bond acceptors (Lipinski definition) is 5. The molecule has 7 rings (SSSR count). The minimum atomic E-state index is -4.74. The fourth-order valence-corrected chi connectivity index (χ4v) is 9.36. The van der Waals surface area contributed by atoms with E-state index >= 15 is 0 Å². The lowest BCUT2D eigenvalue weighted by atomic mass is 9.83. The zero-order valence-electron chi connectivity index (χ0n) is 34.4. The van der Waals surface area contributed by atoms with E-state index in [1.54, 1.807) is 0 Å². The van der Waals surface area contributed by atoms with Gasteiger partial charge in [-0.3, -0.25) is 4.89 Å². The Kier molecular flexibility index (Phi) is 10.1. The van der Waals surface area contributed by atoms with Crippen molar-refractivity contribution in [2.24, 2.45) is 0 Å². The van der Waals surface area contributed by atoms with Crippen molar-refractivity contribution in [3.8, 4) is 44.9 Å². The quantitative estimate of drug-likeness (QED) is 0.156. The molecule has 6 aromatic carbocycles. The van der Waals surface area contributed by atoms with E-state index in [-0.39, 0.29) is 23.7 Å². The van der Waals surface area contributed by atoms with Crippen molar-refractivity contribution >= 4 is 40.7 Å². The topological polar surface area (TPSA) is 62.2 Å². The lowest BCUT2D eigenvalue weighted by Crippen LogP contribution is -2.15. The molecule has 0 spiro atoms. The molecule has 6 nitrogen and oxygen atoms in total. The predicted molar refractivity (Wildman–Crippen MR) is 234 cm³/mol. The van der Waals surface area contributed by atoms with Crippen LogP contribution in [0, 0.1) is 0 Å². The van der Waals surface area contributed by atoms with E-state index in [0.717, 1.165) is 54.9 Å². The third kappa shape index (κ3) is 6.78. The Morgan fingerprint density at radius 2 is 0.818 bits per heavy atom. The summed E-state index contributed by atoms with van der Waals surface area (Å²) < 4.78 is 27.3. The highest BCUT2D eigenvalue weighted by Crippen LogP contribution is 2.62. The van der Waals surface area contributed by atoms with Crippen LogP contribution < -0.4 is 18.8 Å². The molecule has 1 N–H and O–H groups in total. The summed E-state index contributed by atoms with van der Waals surface area (Å²) >= 11 is 0. The van der Waals surface area contributed by atoms with E-state index in [4.69, 9.17) is 9.05 Å². The van der Waals surface area contributed by atoms with Crippen LogP contribution in [0.25, 0.3) is 54.9 Å². The van der Waals surface area contributed by atoms with Crippen LogP contribution in [-0.2, 0) is 4.57 Å². The van der Waals surface area contributed by atoms with E-state index in [1.807, 2.05) is 24.3 Å². The number of hydrogen-bond donors (Lipinski definition) is 1. The second-order valence-corrected chi connectivity index (χ2v) is 18.1. The van der Waals surface area contributed by atoms with Crippen LogP contribution in [0.1, 0.15) is 101 Å². The fraction of sp³-hybridized carbons (Fsp3) is 0.333. The number of rotatable bonds is 8. The monoisotopic (exact) mass is 754 g/mol. The molecule has 0 bridgehead atoms. The normalized spacial score (nSPS) is 13.6. The summed E-state index contributed by atoms with van der Waals surface area (Å²) in [6, 6.07) is 29.6. The molecular formula is C48H55N2O4P. The minimum absolute atomic E-state index is 0.236. The molecule has 0 amide bonds. The van der Waals surface area contributed by atoms with Gasteiger partial charge < -0.3 is 18.8 Å². The van der Waals surface area contributed by atoms with Crippen molar-refractivity contribution in [3.63, 3.8) is 0 Å². The highest BCUT2D eigenvalue weighted by molar-refractivity contribution is 7.48. The molecule has 1 heterocycles. The molecule has 7 heteroatoms. The molecule has 0 saturated carbocycles. The molecule has 55 heavy (non-hydrogen) atoms. The SMILES string of the molecule is CC(C)c1cc(-c2cc3ccccc3c3c2OP(=O)(O)Oc2c(-c4cc(C(C)C)c(N(C)C)c(C(C)C)c4)cc4ccccc4c2-3)cc(C(C)C)c1N(C)C. The Hall–Kier alpha value is -4.77. The molecule has 0 radical (unpaired) electrons. The van der Waals surface area contributed by atoms with Crippen LogP contribution in [0.15, 0.2) is 84.9 Å². The maximum atomic E-state index is 14.5. The van der Waals surface area contributed by atoms with Gasteiger partial charge in [-0.2, -0.15) is 0 Å². The van der Waals surface area contributed by atoms with E-state index in [0.29, 0.717) is 11.5 Å². The van der Waals surface area contributed by atoms with Crippen LogP contribution >= 0.6 is 7.82 Å². The second kappa shape index (κ2) is 14.4. The first-order valence-corrected chi connectivity index (χ1v) is 21.0. The summed E-state index contributed by atoms with van der Waals surface area (Å²) in [5.74, 6) is 1.64. The van der Waals surface area contributed by atoms with E-state index in [9.17, 15) is 9.46 Å². The smallest absolute Gasteiger partial charge is 0.394 e. The van der Waals surface area contributed by atoms with Gasteiger partial charge in [-0.25, -0.2) is 4.57 Å². The van der Waals surface area contributed by atoms with Crippen LogP contribution in [0.3, 0.4) is 0 Å². The molecule has 0 aromatic heterocycles. The Labute approximate surface area is 327 Å². The van der Waals surface area contributed by atoms with Gasteiger partial charge in [0.25, 0.3) is 0 Å². The lowest BCUT2D eigenvalue weighted by molar-refractivity contribution is 0.295. The largest absolute Gasteiger partial charge is 0.584 e. The Morgan fingerprint density at radius 1 is 0.509 bits per heavy atom. The van der Waals surface area contributed by atoms with Crippen molar-refractivity contribution in [2.75, 3.05) is 38.0 Å². The van der Waals surface area contributed by atoms with Crippen LogP contribution in [0.2, 0.25) is 0 Å². The van der Waals surface area contributed by atoms with E-state index < -0.39 is 7.82 Å². The number of benzene rings is 6. The van der Waals surface area contributed by atoms with Gasteiger partial charge in [0.2, 0.25) is 0 Å². The average Bonchev–Trinajstić information content (AvgIpc) is 3.25. The van der Waals surface area contributed by atoms with Crippen molar-refractivity contribution in [3.05, 3.63) is 107 Å². The number of phosphoric acid groups is 1. The van der Waals surface area contributed by atoms with Gasteiger partial charge in [0.05, 0.1) is 0 Å². The fourth-order valence-electron chi connectivity index (χ4n) is 8.49. The first kappa shape index (κ1) is 38.5. The number of anilines is 2. The molecule has 1 aliphatic heterocycles. The molecule has 0 unspecified atom stereocenters. The minimum Gasteiger partial charge on any atom is -0.394 e. The third-order valence-electron chi connectivity index (χ3n) is 11.0. The maximum Gasteiger partial charge on any atom is 0.584 e. The standard InChI is InChI=1S/C48H55N2O4P/c1-27(2)37-23-33(24-38(28(3)4)45(37)49(9)10)41-21-31-17-13-15-19-35(31)43-44-36-20-16-14-18-32(36)22-42(48(44)54-55(51,52)53-47(41)43)34-25-39(29(5)6)46(50(11)12)40(26-34)30(7)8/h13-30H,1-12H3,(H,51,52). The molecule has 0 saturated heterocycles. The van der Waals surface area contributed by atoms with Crippen LogP contribution in [0.4, 0.5) is 11.4 Å². The average molecular weight is 755 g/mol. The lowest BCUT2D eigenvalue weighted by Gasteiger charge is -2.27. The number of nitrogens with zero attached hydrogens (tertiary/aromatic N) is 2. The first-order chi connectivity index (χ1) is 26.0. The van der Waals surface area contributed by atoms with Gasteiger partial charge >= 0.3 is 7.82 Å². The zero-order chi connectivity index (χ0) is 39.7. The van der Waals surface area contributed by atoms with E-state index in [2.05, 4.69) is 154 Å². The van der Waals surface area contributed by atoms with Gasteiger partial charge in [-0.15, -0.1) is 0 Å². The van der Waals surface area contributed by atoms with Crippen molar-refractivity contribution in [2.45, 2.75) is 79.1 Å². The van der Waals surface area contributed by atoms with Crippen LogP contribution in [-0.4, -0.2) is 33.1 Å². The first-order valence-electron chi connectivity index (χ1n) is 19.5. The summed E-state index contributed by atoms with van der Waals surface area (Å²) in [6.45, 7) is 17.7. The highest BCUT2D eigenvalue weighted by Gasteiger charge is 2.38. The molecule has 6 aromatic rings. The predicted octanol–water partition coefficient (Wildman–Crippen LogP) is 13.5. The Balaban J connectivity index is 1.67. The Morgan fingerprint density at radius 3 is 1.11 bits per heavy atom. The summed E-state index contributed by atoms with van der Waals surface area (Å²) in [6.07, 6.45) is 0. The molecule has 0 atom stereocenters. The highest BCUT2D eigenvalue weighted by atomic mass is 31.2. The molecule has 0 fully saturated rings. The van der Waals surface area contributed by atoms with Gasteiger partial charge in [0, 0.05) is 61.8 Å².